The SMILES string of the molecule is Cc1cc(C(F)(F)F)ccc1C(=O)CCC(C)NC(=O)OC(C)(C)C.Cc1cc(C(F)(F)F)ccc1C1=NC(C)CC1.O=CC(F)(F)F.[2H]CC. The van der Waals surface area contributed by atoms with Gasteiger partial charge in [0.1, 0.15) is 5.60 Å². The molecule has 50 heavy (non-hydrogen) atoms. The van der Waals surface area contributed by atoms with Crippen molar-refractivity contribution in [3.8, 4) is 0 Å². The van der Waals surface area contributed by atoms with Crippen LogP contribution in [0.2, 0.25) is 0 Å². The summed E-state index contributed by atoms with van der Waals surface area (Å²) in [4.78, 5) is 37.0. The lowest BCUT2D eigenvalue weighted by Crippen LogP contribution is -2.37. The predicted octanol–water partition coefficient (Wildman–Crippen LogP) is 10.6. The van der Waals surface area contributed by atoms with E-state index in [4.69, 9.17) is 10.9 Å². The lowest BCUT2D eigenvalue weighted by Gasteiger charge is -2.21. The molecule has 1 N–H and O–H groups in total. The smallest absolute Gasteiger partial charge is 0.444 e. The van der Waals surface area contributed by atoms with E-state index < -0.39 is 47.6 Å². The first-order chi connectivity index (χ1) is 23.1. The fraction of sp³-hybridized carbons (Fsp3) is 0.543. The number of amides is 1. The van der Waals surface area contributed by atoms with Gasteiger partial charge < -0.3 is 10.1 Å². The summed E-state index contributed by atoms with van der Waals surface area (Å²) in [6.07, 6.45) is -12.7. The van der Waals surface area contributed by atoms with Crippen molar-refractivity contribution in [2.75, 3.05) is 0 Å². The van der Waals surface area contributed by atoms with E-state index in [1.165, 1.54) is 25.1 Å². The van der Waals surface area contributed by atoms with Crippen LogP contribution in [-0.2, 0) is 21.9 Å². The van der Waals surface area contributed by atoms with Crippen molar-refractivity contribution in [3.05, 3.63) is 69.8 Å². The number of carbonyl (C=O) groups is 3. The molecule has 2 unspecified atom stereocenters. The second kappa shape index (κ2) is 19.5. The van der Waals surface area contributed by atoms with Crippen molar-refractivity contribution in [1.29, 1.82) is 0 Å². The van der Waals surface area contributed by atoms with Gasteiger partial charge in [0, 0.05) is 31.2 Å². The van der Waals surface area contributed by atoms with E-state index in [0.717, 1.165) is 42.3 Å². The van der Waals surface area contributed by atoms with Crippen LogP contribution in [0.25, 0.3) is 0 Å². The summed E-state index contributed by atoms with van der Waals surface area (Å²) in [6, 6.07) is 6.93. The molecule has 0 fully saturated rings. The highest BCUT2D eigenvalue weighted by atomic mass is 19.4. The Kier molecular flexibility index (Phi) is 17.2. The number of aliphatic imine (C=N–C) groups is 1. The maximum atomic E-state index is 12.7. The predicted molar refractivity (Wildman–Crippen MR) is 173 cm³/mol. The minimum Gasteiger partial charge on any atom is -0.444 e. The molecule has 3 rings (SSSR count). The van der Waals surface area contributed by atoms with Crippen molar-refractivity contribution in [2.24, 2.45) is 4.99 Å². The molecule has 1 aliphatic rings. The number of ether oxygens (including phenoxy) is 1. The maximum Gasteiger partial charge on any atom is 0.446 e. The largest absolute Gasteiger partial charge is 0.446 e. The minimum absolute atomic E-state index is 0.114. The Morgan fingerprint density at radius 2 is 1.44 bits per heavy atom. The van der Waals surface area contributed by atoms with Gasteiger partial charge in [-0.15, -0.1) is 0 Å². The second-order valence-electron chi connectivity index (χ2n) is 12.2. The van der Waals surface area contributed by atoms with E-state index in [1.54, 1.807) is 41.5 Å². The highest BCUT2D eigenvalue weighted by molar-refractivity contribution is 6.03. The van der Waals surface area contributed by atoms with Gasteiger partial charge in [-0.1, -0.05) is 26.0 Å². The van der Waals surface area contributed by atoms with E-state index in [0.29, 0.717) is 18.9 Å². The number of benzene rings is 2. The van der Waals surface area contributed by atoms with Gasteiger partial charge in [0.2, 0.25) is 6.29 Å². The highest BCUT2D eigenvalue weighted by Crippen LogP contribution is 2.32. The molecule has 282 valence electrons. The molecular weight excluding hydrogens is 683 g/mol. The molecule has 1 heterocycles. The number of rotatable bonds is 6. The maximum absolute atomic E-state index is 12.7. The Hall–Kier alpha value is -3.91. The number of hydrogen-bond donors (Lipinski definition) is 1. The molecule has 15 heteroatoms. The monoisotopic (exact) mass is 729 g/mol. The first kappa shape index (κ1) is 44.1. The van der Waals surface area contributed by atoms with Crippen molar-refractivity contribution in [1.82, 2.24) is 5.32 Å². The fourth-order valence-electron chi connectivity index (χ4n) is 4.32. The number of aryl methyl sites for hydroxylation is 2. The van der Waals surface area contributed by atoms with Crippen molar-refractivity contribution >= 4 is 23.9 Å². The molecule has 0 aliphatic carbocycles. The van der Waals surface area contributed by atoms with Crippen LogP contribution in [0.15, 0.2) is 41.4 Å². The highest BCUT2D eigenvalue weighted by Gasteiger charge is 2.32. The minimum atomic E-state index is -4.64. The summed E-state index contributed by atoms with van der Waals surface area (Å²) in [5, 5.41) is 2.62. The van der Waals surface area contributed by atoms with Crippen molar-refractivity contribution in [3.63, 3.8) is 0 Å². The number of halogens is 9. The van der Waals surface area contributed by atoms with Crippen LogP contribution in [-0.4, -0.2) is 47.7 Å². The van der Waals surface area contributed by atoms with Gasteiger partial charge in [-0.2, -0.15) is 39.5 Å². The zero-order chi connectivity index (χ0) is 40.0. The Bertz CT molecular complexity index is 1470. The lowest BCUT2D eigenvalue weighted by atomic mass is 9.98. The summed E-state index contributed by atoms with van der Waals surface area (Å²) < 4.78 is 118. The average molecular weight is 730 g/mol. The molecule has 2 aromatic carbocycles. The number of nitrogens with zero attached hydrogens (tertiary/aromatic N) is 1. The van der Waals surface area contributed by atoms with Crippen molar-refractivity contribution < 1.29 is 60.0 Å². The Morgan fingerprint density at radius 1 is 0.960 bits per heavy atom. The molecule has 6 nitrogen and oxygen atoms in total. The number of carbonyl (C=O) groups excluding carboxylic acids is 3. The van der Waals surface area contributed by atoms with E-state index in [9.17, 15) is 49.1 Å². The Balaban J connectivity index is 0.000000822. The van der Waals surface area contributed by atoms with Gasteiger partial charge in [0.15, 0.2) is 5.78 Å². The van der Waals surface area contributed by atoms with Crippen LogP contribution in [0, 0.1) is 13.8 Å². The number of nitrogens with one attached hydrogen (secondary N) is 1. The zero-order valence-corrected chi connectivity index (χ0v) is 29.2. The first-order valence-electron chi connectivity index (χ1n) is 16.1. The van der Waals surface area contributed by atoms with Gasteiger partial charge in [-0.25, -0.2) is 4.79 Å². The van der Waals surface area contributed by atoms with E-state index in [-0.39, 0.29) is 35.4 Å². The Labute approximate surface area is 288 Å². The van der Waals surface area contributed by atoms with Crippen LogP contribution >= 0.6 is 0 Å². The van der Waals surface area contributed by atoms with Gasteiger partial charge in [0.05, 0.1) is 11.1 Å². The summed E-state index contributed by atoms with van der Waals surface area (Å²) in [7, 11) is 0. The molecule has 1 amide bonds. The number of Topliss-reactive ketones (excluding diaryl/α,β-unsaturated/α-hetero) is 1. The van der Waals surface area contributed by atoms with Crippen LogP contribution in [0.5, 0.6) is 0 Å². The number of alkyl halides is 9. The summed E-state index contributed by atoms with van der Waals surface area (Å²) in [6.45, 7) is 14.5. The molecule has 0 aromatic heterocycles. The number of hydrogen-bond acceptors (Lipinski definition) is 5. The molecule has 2 aromatic rings. The molecule has 0 spiro atoms. The molecular formula is C35H45F9N2O4. The molecule has 0 bridgehead atoms. The number of alkyl carbamates (subject to hydrolysis) is 1. The van der Waals surface area contributed by atoms with E-state index in [2.05, 4.69) is 10.3 Å². The lowest BCUT2D eigenvalue weighted by molar-refractivity contribution is -0.156. The normalized spacial score (nSPS) is 15.3. The van der Waals surface area contributed by atoms with Crippen LogP contribution < -0.4 is 5.32 Å². The van der Waals surface area contributed by atoms with E-state index in [1.807, 2.05) is 6.92 Å². The summed E-state index contributed by atoms with van der Waals surface area (Å²) in [5.74, 6) is -0.260. The second-order valence-corrected chi connectivity index (χ2v) is 12.2. The third kappa shape index (κ3) is 17.7. The molecule has 0 saturated carbocycles. The third-order valence-electron chi connectivity index (χ3n) is 6.60. The molecule has 0 radical (unpaired) electrons. The van der Waals surface area contributed by atoms with Gasteiger partial charge in [-0.3, -0.25) is 14.6 Å². The first-order valence-corrected chi connectivity index (χ1v) is 15.4. The van der Waals surface area contributed by atoms with Gasteiger partial charge >= 0.3 is 24.6 Å². The Morgan fingerprint density at radius 3 is 1.82 bits per heavy atom. The van der Waals surface area contributed by atoms with Gasteiger partial charge in [-0.05, 0) is 109 Å². The topological polar surface area (TPSA) is 84.8 Å². The van der Waals surface area contributed by atoms with Crippen LogP contribution in [0.4, 0.5) is 44.3 Å². The summed E-state index contributed by atoms with van der Waals surface area (Å²) in [5.41, 5.74) is 0.993. The number of ketones is 1. The zero-order valence-electron chi connectivity index (χ0n) is 30.2. The van der Waals surface area contributed by atoms with Crippen LogP contribution in [0.3, 0.4) is 0 Å². The number of aldehydes is 1. The quantitative estimate of drug-likeness (QED) is 0.182. The molecule has 1 aliphatic heterocycles. The van der Waals surface area contributed by atoms with Crippen molar-refractivity contribution in [2.45, 2.75) is 124 Å². The van der Waals surface area contributed by atoms with Gasteiger partial charge in [0.25, 0.3) is 0 Å². The standard InChI is InChI=1S/C18H24F3NO3.C13H14F3N.C2HF3O.C2H6/c1-11-10-13(18(19,20)21)7-8-14(11)15(23)9-6-12(2)22-16(24)25-17(3,4)5;1-8-7-10(13(14,15)16)4-5-11(8)12-6-3-9(2)17-12;3-2(4,5)1-6;1-2/h7-8,10,12H,6,9H2,1-5H3,(H,22,24);4-5,7,9H,3,6H2,1-2H3;1H;1-2H3/i;;;1D. The van der Waals surface area contributed by atoms with E-state index >= 15 is 0 Å². The third-order valence-corrected chi connectivity index (χ3v) is 6.60. The molecule has 2 atom stereocenters. The van der Waals surface area contributed by atoms with Crippen LogP contribution in [0.1, 0.15) is 114 Å². The fourth-order valence-corrected chi connectivity index (χ4v) is 4.32. The average Bonchev–Trinajstić information content (AvgIpc) is 3.40. The summed E-state index contributed by atoms with van der Waals surface area (Å²) >= 11 is 0. The molecule has 0 saturated heterocycles.